The normalized spacial score (nSPS) is 12.1. The minimum Gasteiger partial charge on any atom is -0.455 e. The Labute approximate surface area is 337 Å². The van der Waals surface area contributed by atoms with E-state index in [9.17, 15) is 0 Å². The smallest absolute Gasteiger partial charge is 0.235 e. The largest absolute Gasteiger partial charge is 0.455 e. The van der Waals surface area contributed by atoms with Crippen LogP contribution in [0.1, 0.15) is 0 Å². The fourth-order valence-electron chi connectivity index (χ4n) is 9.53. The number of fused-ring (bicyclic) bond motifs is 13. The van der Waals surface area contributed by atoms with Crippen molar-refractivity contribution in [2.24, 2.45) is 0 Å². The van der Waals surface area contributed by atoms with Crippen molar-refractivity contribution in [2.45, 2.75) is 0 Å². The molecule has 0 saturated carbocycles. The summed E-state index contributed by atoms with van der Waals surface area (Å²) in [5.41, 5.74) is 12.3. The molecule has 0 fully saturated rings. The Hall–Kier alpha value is -8.02. The maximum atomic E-state index is 6.80. The lowest BCUT2D eigenvalue weighted by molar-refractivity contribution is 0.673. The Bertz CT molecular complexity index is 3830. The molecule has 4 heterocycles. The molecule has 0 aliphatic carbocycles. The Morgan fingerprint density at radius 2 is 1.02 bits per heavy atom. The van der Waals surface area contributed by atoms with E-state index in [0.717, 1.165) is 99.0 Å². The fourth-order valence-corrected chi connectivity index (χ4v) is 9.53. The third kappa shape index (κ3) is 4.61. The first-order chi connectivity index (χ1) is 29.3. The predicted octanol–water partition coefficient (Wildman–Crippen LogP) is 14.2. The maximum Gasteiger partial charge on any atom is 0.235 e. The Balaban J connectivity index is 1.18. The van der Waals surface area contributed by atoms with Crippen LogP contribution in [0.3, 0.4) is 0 Å². The van der Waals surface area contributed by atoms with Crippen LogP contribution in [-0.2, 0) is 0 Å². The quantitative estimate of drug-likeness (QED) is 0.180. The number of furan rings is 1. The van der Waals surface area contributed by atoms with E-state index in [1.807, 2.05) is 6.07 Å². The molecule has 13 rings (SSSR count). The average Bonchev–Trinajstić information content (AvgIpc) is 3.96. The highest BCUT2D eigenvalue weighted by molar-refractivity contribution is 6.31. The number of rotatable bonds is 4. The van der Waals surface area contributed by atoms with Gasteiger partial charge in [0.2, 0.25) is 5.95 Å². The van der Waals surface area contributed by atoms with Gasteiger partial charge in [0.1, 0.15) is 11.2 Å². The molecule has 0 amide bonds. The van der Waals surface area contributed by atoms with E-state index in [4.69, 9.17) is 14.4 Å². The van der Waals surface area contributed by atoms with Crippen molar-refractivity contribution < 1.29 is 4.42 Å². The van der Waals surface area contributed by atoms with Crippen molar-refractivity contribution in [1.82, 2.24) is 19.1 Å². The van der Waals surface area contributed by atoms with Crippen molar-refractivity contribution in [3.8, 4) is 34.0 Å². The topological polar surface area (TPSA) is 48.8 Å². The van der Waals surface area contributed by atoms with Crippen LogP contribution in [0.2, 0.25) is 0 Å². The number of para-hydroxylation sites is 3. The van der Waals surface area contributed by atoms with Crippen LogP contribution in [0.25, 0.3) is 121 Å². The summed E-state index contributed by atoms with van der Waals surface area (Å²) in [6, 6.07) is 68.8. The zero-order valence-electron chi connectivity index (χ0n) is 31.7. The van der Waals surface area contributed by atoms with Crippen LogP contribution in [0, 0.1) is 0 Å². The Morgan fingerprint density at radius 3 is 1.88 bits per heavy atom. The summed E-state index contributed by atoms with van der Waals surface area (Å²) in [4.78, 5) is 10.9. The number of nitrogens with zero attached hydrogens (tertiary/aromatic N) is 4. The lowest BCUT2D eigenvalue weighted by atomic mass is 10.0. The molecule has 9 aromatic carbocycles. The summed E-state index contributed by atoms with van der Waals surface area (Å²) in [5, 5.41) is 10.0. The van der Waals surface area contributed by atoms with Gasteiger partial charge in [-0.25, -0.2) is 9.97 Å². The van der Waals surface area contributed by atoms with Crippen LogP contribution < -0.4 is 0 Å². The van der Waals surface area contributed by atoms with Gasteiger partial charge < -0.3 is 8.98 Å². The summed E-state index contributed by atoms with van der Waals surface area (Å²) in [7, 11) is 0. The van der Waals surface area contributed by atoms with Crippen LogP contribution >= 0.6 is 0 Å². The summed E-state index contributed by atoms with van der Waals surface area (Å²) in [6.45, 7) is 0. The molecule has 0 radical (unpaired) electrons. The number of benzene rings is 9. The highest BCUT2D eigenvalue weighted by atomic mass is 16.3. The fraction of sp³-hybridized carbons (Fsp3) is 0. The molecule has 59 heavy (non-hydrogen) atoms. The second kappa shape index (κ2) is 12.2. The number of aromatic nitrogens is 4. The standard InChI is InChI=1S/C54H32N4O/c1-2-13-33(14-3-1)34-25-27-36(28-26-34)51-40-19-6-9-21-43(40)55-54(56-51)58-47-31-29-39-38-18-8-11-24-48(38)59-53(39)50(47)42-30-32-46-49(52(42)58)41-20-7-10-22-45(41)57(46)44-23-12-16-35-15-4-5-17-37(35)44/h1-32H. The third-order valence-corrected chi connectivity index (χ3v) is 12.1. The molecule has 0 N–H and O–H groups in total. The van der Waals surface area contributed by atoms with Crippen molar-refractivity contribution in [3.63, 3.8) is 0 Å². The van der Waals surface area contributed by atoms with Crippen molar-refractivity contribution >= 4 is 87.2 Å². The van der Waals surface area contributed by atoms with E-state index in [1.54, 1.807) is 0 Å². The first-order valence-corrected chi connectivity index (χ1v) is 20.0. The SMILES string of the molecule is c1ccc(-c2ccc(-c3nc(-n4c5ccc6c7ccccc7oc6c5c5ccc6c(c7ccccc7n6-c6cccc7ccccc67)c54)nc4ccccc34)cc2)cc1. The van der Waals surface area contributed by atoms with Gasteiger partial charge in [-0.2, -0.15) is 0 Å². The van der Waals surface area contributed by atoms with E-state index in [2.05, 4.69) is 197 Å². The zero-order valence-corrected chi connectivity index (χ0v) is 31.7. The lowest BCUT2D eigenvalue weighted by Crippen LogP contribution is -2.03. The molecule has 5 nitrogen and oxygen atoms in total. The highest BCUT2D eigenvalue weighted by Gasteiger charge is 2.26. The van der Waals surface area contributed by atoms with Gasteiger partial charge in [-0.05, 0) is 65.0 Å². The summed E-state index contributed by atoms with van der Waals surface area (Å²) in [6.07, 6.45) is 0. The van der Waals surface area contributed by atoms with E-state index < -0.39 is 0 Å². The van der Waals surface area contributed by atoms with Gasteiger partial charge in [0.25, 0.3) is 0 Å². The van der Waals surface area contributed by atoms with Crippen molar-refractivity contribution in [1.29, 1.82) is 0 Å². The minimum absolute atomic E-state index is 0.607. The minimum atomic E-state index is 0.607. The predicted molar refractivity (Wildman–Crippen MR) is 244 cm³/mol. The first kappa shape index (κ1) is 32.1. The van der Waals surface area contributed by atoms with Crippen LogP contribution in [0.15, 0.2) is 199 Å². The Morgan fingerprint density at radius 1 is 0.373 bits per heavy atom. The van der Waals surface area contributed by atoms with Gasteiger partial charge in [-0.15, -0.1) is 0 Å². The van der Waals surface area contributed by atoms with Gasteiger partial charge in [-0.3, -0.25) is 4.57 Å². The highest BCUT2D eigenvalue weighted by Crippen LogP contribution is 2.46. The molecule has 5 heteroatoms. The lowest BCUT2D eigenvalue weighted by Gasteiger charge is -2.13. The molecular weight excluding hydrogens is 721 g/mol. The molecular formula is C54H32N4O. The number of hydrogen-bond acceptors (Lipinski definition) is 3. The summed E-state index contributed by atoms with van der Waals surface area (Å²) in [5.74, 6) is 0.607. The van der Waals surface area contributed by atoms with E-state index >= 15 is 0 Å². The number of hydrogen-bond donors (Lipinski definition) is 0. The maximum absolute atomic E-state index is 6.80. The zero-order chi connectivity index (χ0) is 38.6. The van der Waals surface area contributed by atoms with Gasteiger partial charge in [0, 0.05) is 43.3 Å². The monoisotopic (exact) mass is 752 g/mol. The second-order valence-corrected chi connectivity index (χ2v) is 15.3. The Kier molecular flexibility index (Phi) is 6.66. The van der Waals surface area contributed by atoms with Crippen LogP contribution in [0.4, 0.5) is 0 Å². The summed E-state index contributed by atoms with van der Waals surface area (Å²) < 4.78 is 11.5. The molecule has 0 saturated heterocycles. The first-order valence-electron chi connectivity index (χ1n) is 20.0. The molecule has 13 aromatic rings. The molecule has 0 aliphatic rings. The van der Waals surface area contributed by atoms with E-state index in [-0.39, 0.29) is 0 Å². The van der Waals surface area contributed by atoms with Gasteiger partial charge in [0.05, 0.1) is 44.4 Å². The molecule has 4 aromatic heterocycles. The molecule has 0 aliphatic heterocycles. The van der Waals surface area contributed by atoms with Gasteiger partial charge in [0.15, 0.2) is 0 Å². The molecule has 274 valence electrons. The molecule has 0 unspecified atom stereocenters. The molecule has 0 spiro atoms. The van der Waals surface area contributed by atoms with Crippen LogP contribution in [-0.4, -0.2) is 19.1 Å². The van der Waals surface area contributed by atoms with Crippen molar-refractivity contribution in [2.75, 3.05) is 0 Å². The second-order valence-electron chi connectivity index (χ2n) is 15.3. The van der Waals surface area contributed by atoms with Gasteiger partial charge >= 0.3 is 0 Å². The van der Waals surface area contributed by atoms with E-state index in [1.165, 1.54) is 16.3 Å². The van der Waals surface area contributed by atoms with Crippen molar-refractivity contribution in [3.05, 3.63) is 194 Å². The molecule has 0 atom stereocenters. The average molecular weight is 753 g/mol. The molecule has 0 bridgehead atoms. The van der Waals surface area contributed by atoms with Crippen LogP contribution in [0.5, 0.6) is 0 Å². The van der Waals surface area contributed by atoms with E-state index in [0.29, 0.717) is 5.95 Å². The third-order valence-electron chi connectivity index (χ3n) is 12.1. The van der Waals surface area contributed by atoms with Gasteiger partial charge in [-0.1, -0.05) is 146 Å². The summed E-state index contributed by atoms with van der Waals surface area (Å²) >= 11 is 0.